The number of carbonyl (C=O) groups is 2. The van der Waals surface area contributed by atoms with E-state index in [1.54, 1.807) is 43.3 Å². The topological polar surface area (TPSA) is 86.8 Å². The van der Waals surface area contributed by atoms with Crippen LogP contribution in [0.2, 0.25) is 5.02 Å². The Morgan fingerprint density at radius 3 is 2.15 bits per heavy atom. The zero-order valence-corrected chi connectivity index (χ0v) is 25.1. The Labute approximate surface area is 243 Å². The number of carbonyl (C=O) groups excluding carboxylic acids is 2. The van der Waals surface area contributed by atoms with Crippen LogP contribution in [0, 0.1) is 6.92 Å². The van der Waals surface area contributed by atoms with Crippen LogP contribution in [-0.2, 0) is 26.0 Å². The highest BCUT2D eigenvalue weighted by Crippen LogP contribution is 2.30. The van der Waals surface area contributed by atoms with Crippen LogP contribution in [0.1, 0.15) is 44.7 Å². The third-order valence-corrected chi connectivity index (χ3v) is 8.93. The van der Waals surface area contributed by atoms with Gasteiger partial charge >= 0.3 is 0 Å². The highest BCUT2D eigenvalue weighted by atomic mass is 35.5. The number of rotatable bonds is 13. The summed E-state index contributed by atoms with van der Waals surface area (Å²) in [6.07, 6.45) is 1.64. The van der Waals surface area contributed by atoms with Gasteiger partial charge in [-0.2, -0.15) is 0 Å². The first kappa shape index (κ1) is 31.2. The lowest BCUT2D eigenvalue weighted by molar-refractivity contribution is -0.139. The van der Waals surface area contributed by atoms with Crippen LogP contribution in [0.3, 0.4) is 0 Å². The number of sulfonamides is 1. The number of hydrogen-bond donors (Lipinski definition) is 1. The molecule has 40 heavy (non-hydrogen) atoms. The molecule has 0 spiro atoms. The third-order valence-electron chi connectivity index (χ3n) is 6.92. The molecule has 0 saturated carbocycles. The van der Waals surface area contributed by atoms with E-state index in [-0.39, 0.29) is 23.4 Å². The predicted octanol–water partition coefficient (Wildman–Crippen LogP) is 5.61. The van der Waals surface area contributed by atoms with Gasteiger partial charge in [-0.05, 0) is 68.5 Å². The Bertz CT molecular complexity index is 1380. The SMILES string of the molecule is CC[C@@H](C)NC(=O)[C@H](CC)N(CCc1ccccc1)C(=O)CN(c1cc(Cl)ccc1C)S(=O)(=O)c1ccccc1. The van der Waals surface area contributed by atoms with Crippen LogP contribution in [0.4, 0.5) is 5.69 Å². The summed E-state index contributed by atoms with van der Waals surface area (Å²) >= 11 is 6.28. The number of nitrogens with zero attached hydrogens (tertiary/aromatic N) is 2. The van der Waals surface area contributed by atoms with E-state index in [2.05, 4.69) is 5.32 Å². The van der Waals surface area contributed by atoms with Gasteiger partial charge in [0.1, 0.15) is 12.6 Å². The predicted molar refractivity (Wildman–Crippen MR) is 161 cm³/mol. The van der Waals surface area contributed by atoms with Crippen molar-refractivity contribution >= 4 is 39.1 Å². The highest BCUT2D eigenvalue weighted by Gasteiger charge is 2.34. The summed E-state index contributed by atoms with van der Waals surface area (Å²) in [6, 6.07) is 21.8. The summed E-state index contributed by atoms with van der Waals surface area (Å²) in [6.45, 7) is 7.28. The molecule has 3 aromatic rings. The fourth-order valence-corrected chi connectivity index (χ4v) is 6.08. The minimum absolute atomic E-state index is 0.0552. The van der Waals surface area contributed by atoms with Crippen molar-refractivity contribution in [3.63, 3.8) is 0 Å². The summed E-state index contributed by atoms with van der Waals surface area (Å²) in [7, 11) is -4.14. The Hall–Kier alpha value is -3.36. The smallest absolute Gasteiger partial charge is 0.264 e. The molecule has 0 bridgehead atoms. The van der Waals surface area contributed by atoms with Crippen molar-refractivity contribution in [1.82, 2.24) is 10.2 Å². The number of halogens is 1. The third kappa shape index (κ3) is 7.86. The van der Waals surface area contributed by atoms with Crippen molar-refractivity contribution in [3.05, 3.63) is 95.0 Å². The molecule has 2 atom stereocenters. The fraction of sp³-hybridized carbons (Fsp3) is 0.355. The van der Waals surface area contributed by atoms with Crippen LogP contribution in [0.5, 0.6) is 0 Å². The number of benzene rings is 3. The van der Waals surface area contributed by atoms with Gasteiger partial charge in [-0.3, -0.25) is 13.9 Å². The monoisotopic (exact) mass is 583 g/mol. The number of nitrogens with one attached hydrogen (secondary N) is 1. The lowest BCUT2D eigenvalue weighted by atomic mass is 10.1. The quantitative estimate of drug-likeness (QED) is 0.283. The van der Waals surface area contributed by atoms with Gasteiger partial charge in [-0.15, -0.1) is 0 Å². The molecule has 7 nitrogen and oxygen atoms in total. The van der Waals surface area contributed by atoms with Crippen molar-refractivity contribution in [2.24, 2.45) is 0 Å². The number of anilines is 1. The van der Waals surface area contributed by atoms with Gasteiger partial charge in [0.25, 0.3) is 10.0 Å². The molecule has 0 saturated heterocycles. The van der Waals surface area contributed by atoms with Gasteiger partial charge in [-0.1, -0.05) is 80.0 Å². The lowest BCUT2D eigenvalue weighted by Gasteiger charge is -2.34. The zero-order valence-electron chi connectivity index (χ0n) is 23.5. The fourth-order valence-electron chi connectivity index (χ4n) is 4.42. The Morgan fingerprint density at radius 2 is 1.55 bits per heavy atom. The first-order chi connectivity index (χ1) is 19.1. The van der Waals surface area contributed by atoms with Gasteiger partial charge in [0.2, 0.25) is 11.8 Å². The second-order valence-corrected chi connectivity index (χ2v) is 12.1. The molecule has 0 fully saturated rings. The van der Waals surface area contributed by atoms with E-state index in [0.717, 1.165) is 16.3 Å². The van der Waals surface area contributed by atoms with Gasteiger partial charge in [0, 0.05) is 17.6 Å². The molecule has 0 aromatic heterocycles. The average Bonchev–Trinajstić information content (AvgIpc) is 2.95. The maximum atomic E-state index is 14.1. The normalized spacial score (nSPS) is 12.8. The number of amides is 2. The standard InChI is InChI=1S/C31H38ClN3O4S/c1-5-24(4)33-31(37)28(6-2)34(20-19-25-13-9-7-10-14-25)30(36)22-35(29-21-26(32)18-17-23(29)3)40(38,39)27-15-11-8-12-16-27/h7-18,21,24,28H,5-6,19-20,22H2,1-4H3,(H,33,37)/t24-,28+/m1/s1. The van der Waals surface area contributed by atoms with Crippen LogP contribution < -0.4 is 9.62 Å². The van der Waals surface area contributed by atoms with Crippen molar-refractivity contribution in [3.8, 4) is 0 Å². The van der Waals surface area contributed by atoms with E-state index in [4.69, 9.17) is 11.6 Å². The van der Waals surface area contributed by atoms with Crippen LogP contribution >= 0.6 is 11.6 Å². The molecule has 0 heterocycles. The molecule has 2 amide bonds. The molecule has 9 heteroatoms. The highest BCUT2D eigenvalue weighted by molar-refractivity contribution is 7.92. The summed E-state index contributed by atoms with van der Waals surface area (Å²) in [5.41, 5.74) is 1.97. The molecular formula is C31H38ClN3O4S. The lowest BCUT2D eigenvalue weighted by Crippen LogP contribution is -2.54. The maximum absolute atomic E-state index is 14.1. The van der Waals surface area contributed by atoms with Gasteiger partial charge in [0.15, 0.2) is 0 Å². The van der Waals surface area contributed by atoms with Crippen LogP contribution in [0.15, 0.2) is 83.8 Å². The van der Waals surface area contributed by atoms with Crippen molar-refractivity contribution in [1.29, 1.82) is 0 Å². The van der Waals surface area contributed by atoms with Crippen molar-refractivity contribution in [2.75, 3.05) is 17.4 Å². The minimum atomic E-state index is -4.14. The molecule has 3 aromatic carbocycles. The second-order valence-electron chi connectivity index (χ2n) is 9.82. The van der Waals surface area contributed by atoms with E-state index < -0.39 is 28.5 Å². The van der Waals surface area contributed by atoms with Gasteiger partial charge in [-0.25, -0.2) is 8.42 Å². The molecule has 3 rings (SSSR count). The molecule has 0 aliphatic carbocycles. The number of aryl methyl sites for hydroxylation is 1. The van der Waals surface area contributed by atoms with Crippen LogP contribution in [-0.4, -0.2) is 50.3 Å². The van der Waals surface area contributed by atoms with Crippen molar-refractivity contribution in [2.45, 2.75) is 63.9 Å². The summed E-state index contributed by atoms with van der Waals surface area (Å²) < 4.78 is 28.9. The Morgan fingerprint density at radius 1 is 0.925 bits per heavy atom. The molecule has 0 unspecified atom stereocenters. The van der Waals surface area contributed by atoms with E-state index in [1.165, 1.54) is 17.0 Å². The van der Waals surface area contributed by atoms with Gasteiger partial charge in [0.05, 0.1) is 10.6 Å². The molecule has 0 radical (unpaired) electrons. The van der Waals surface area contributed by atoms with E-state index in [1.807, 2.05) is 51.1 Å². The van der Waals surface area contributed by atoms with E-state index >= 15 is 0 Å². The van der Waals surface area contributed by atoms with Crippen molar-refractivity contribution < 1.29 is 18.0 Å². The first-order valence-electron chi connectivity index (χ1n) is 13.6. The van der Waals surface area contributed by atoms with Crippen LogP contribution in [0.25, 0.3) is 0 Å². The minimum Gasteiger partial charge on any atom is -0.352 e. The largest absolute Gasteiger partial charge is 0.352 e. The average molecular weight is 584 g/mol. The molecule has 0 aliphatic heterocycles. The Kier molecular flexibility index (Phi) is 11.2. The molecule has 214 valence electrons. The summed E-state index contributed by atoms with van der Waals surface area (Å²) in [4.78, 5) is 29.0. The summed E-state index contributed by atoms with van der Waals surface area (Å²) in [5.74, 6) is -0.726. The zero-order chi connectivity index (χ0) is 29.3. The first-order valence-corrected chi connectivity index (χ1v) is 15.4. The van der Waals surface area contributed by atoms with E-state index in [0.29, 0.717) is 29.1 Å². The maximum Gasteiger partial charge on any atom is 0.264 e. The molecular weight excluding hydrogens is 546 g/mol. The number of hydrogen-bond acceptors (Lipinski definition) is 4. The molecule has 1 N–H and O–H groups in total. The van der Waals surface area contributed by atoms with Gasteiger partial charge < -0.3 is 10.2 Å². The van der Waals surface area contributed by atoms with E-state index in [9.17, 15) is 18.0 Å². The molecule has 0 aliphatic rings. The summed E-state index contributed by atoms with van der Waals surface area (Å²) in [5, 5.41) is 3.34. The second kappa shape index (κ2) is 14.3. The Balaban J connectivity index is 2.04.